The molecular weight excluding hydrogens is 332 g/mol. The van der Waals surface area contributed by atoms with Crippen molar-refractivity contribution in [1.82, 2.24) is 0 Å². The molecule has 0 heterocycles. The van der Waals surface area contributed by atoms with E-state index in [9.17, 15) is 20.2 Å². The van der Waals surface area contributed by atoms with E-state index >= 15 is 0 Å². The highest BCUT2D eigenvalue weighted by atomic mass is 16.6. The molecule has 0 aliphatic carbocycles. The second-order valence-electron chi connectivity index (χ2n) is 5.96. The molecule has 2 aromatic carbocycles. The minimum Gasteiger partial charge on any atom is -0.497 e. The monoisotopic (exact) mass is 350 g/mol. The fourth-order valence-electron chi connectivity index (χ4n) is 2.53. The lowest BCUT2D eigenvalue weighted by Crippen LogP contribution is -2.03. The summed E-state index contributed by atoms with van der Waals surface area (Å²) in [6, 6.07) is 13.0. The molecule has 0 saturated carbocycles. The Balaban J connectivity index is 2.45. The van der Waals surface area contributed by atoms with E-state index in [-0.39, 0.29) is 17.2 Å². The summed E-state index contributed by atoms with van der Waals surface area (Å²) < 4.78 is 5.08. The summed E-state index contributed by atoms with van der Waals surface area (Å²) in [6.45, 7) is 3.73. The first-order valence-electron chi connectivity index (χ1n) is 7.96. The third-order valence-electron chi connectivity index (χ3n) is 3.88. The lowest BCUT2D eigenvalue weighted by atomic mass is 9.97. The van der Waals surface area contributed by atoms with Gasteiger partial charge in [-0.2, -0.15) is 5.26 Å². The van der Waals surface area contributed by atoms with Gasteiger partial charge in [0.15, 0.2) is 0 Å². The van der Waals surface area contributed by atoms with E-state index in [1.54, 1.807) is 30.3 Å². The molecule has 2 rings (SSSR count). The summed E-state index contributed by atoms with van der Waals surface area (Å²) in [4.78, 5) is 23.4. The van der Waals surface area contributed by atoms with Crippen LogP contribution in [0.1, 0.15) is 41.3 Å². The van der Waals surface area contributed by atoms with Gasteiger partial charge in [0.05, 0.1) is 12.0 Å². The molecule has 6 nitrogen and oxygen atoms in total. The molecule has 0 amide bonds. The maximum Gasteiger partial charge on any atom is 0.273 e. The van der Waals surface area contributed by atoms with Gasteiger partial charge in [0.2, 0.25) is 5.78 Å². The summed E-state index contributed by atoms with van der Waals surface area (Å²) in [5, 5.41) is 20.7. The standard InChI is InChI=1S/C20H18N2O4/c1-13(2)18-8-7-14(10-19(18)22(24)25)9-16(12-21)20(23)15-5-4-6-17(11-15)26-3/h4-11,13H,1-3H3/b16-9+. The average molecular weight is 350 g/mol. The molecule has 0 radical (unpaired) electrons. The first-order chi connectivity index (χ1) is 12.4. The SMILES string of the molecule is COc1cccc(C(=O)/C(C#N)=C/c2ccc(C(C)C)c([N+](=O)[O-])c2)c1. The molecule has 2 aromatic rings. The topological polar surface area (TPSA) is 93.2 Å². The number of ketones is 1. The van der Waals surface area contributed by atoms with Crippen molar-refractivity contribution in [2.45, 2.75) is 19.8 Å². The predicted octanol–water partition coefficient (Wildman–Crippen LogP) is 4.52. The Hall–Kier alpha value is -3.46. The molecule has 0 aliphatic heterocycles. The van der Waals surface area contributed by atoms with E-state index in [2.05, 4.69) is 0 Å². The second kappa shape index (κ2) is 8.08. The number of carbonyl (C=O) groups is 1. The van der Waals surface area contributed by atoms with Gasteiger partial charge in [-0.05, 0) is 29.7 Å². The van der Waals surface area contributed by atoms with Crippen molar-refractivity contribution in [2.24, 2.45) is 0 Å². The zero-order chi connectivity index (χ0) is 19.3. The van der Waals surface area contributed by atoms with Crippen LogP contribution in [0.15, 0.2) is 48.0 Å². The fraction of sp³-hybridized carbons (Fsp3) is 0.200. The number of carbonyl (C=O) groups excluding carboxylic acids is 1. The van der Waals surface area contributed by atoms with Crippen LogP contribution >= 0.6 is 0 Å². The Morgan fingerprint density at radius 1 is 1.27 bits per heavy atom. The molecule has 0 atom stereocenters. The van der Waals surface area contributed by atoms with E-state index in [4.69, 9.17) is 4.74 Å². The number of benzene rings is 2. The lowest BCUT2D eigenvalue weighted by Gasteiger charge is -2.07. The lowest BCUT2D eigenvalue weighted by molar-refractivity contribution is -0.385. The van der Waals surface area contributed by atoms with E-state index in [1.165, 1.54) is 25.3 Å². The van der Waals surface area contributed by atoms with Crippen molar-refractivity contribution in [3.05, 3.63) is 74.8 Å². The van der Waals surface area contributed by atoms with Crippen molar-refractivity contribution in [3.8, 4) is 11.8 Å². The van der Waals surface area contributed by atoms with Crippen LogP contribution in [0.2, 0.25) is 0 Å². The number of nitro benzene ring substituents is 1. The summed E-state index contributed by atoms with van der Waals surface area (Å²) >= 11 is 0. The van der Waals surface area contributed by atoms with Gasteiger partial charge < -0.3 is 4.74 Å². The molecule has 132 valence electrons. The van der Waals surface area contributed by atoms with E-state index < -0.39 is 10.7 Å². The van der Waals surface area contributed by atoms with Crippen LogP contribution in [0.5, 0.6) is 5.75 Å². The molecule has 0 bridgehead atoms. The van der Waals surface area contributed by atoms with E-state index in [1.807, 2.05) is 19.9 Å². The molecule has 0 saturated heterocycles. The van der Waals surface area contributed by atoms with Gasteiger partial charge in [0.1, 0.15) is 17.4 Å². The van der Waals surface area contributed by atoms with Crippen LogP contribution in [-0.2, 0) is 0 Å². The quantitative estimate of drug-likeness (QED) is 0.251. The van der Waals surface area contributed by atoms with Crippen LogP contribution in [0, 0.1) is 21.4 Å². The smallest absolute Gasteiger partial charge is 0.273 e. The molecular formula is C20H18N2O4. The maximum atomic E-state index is 12.6. The third kappa shape index (κ3) is 4.14. The first-order valence-corrected chi connectivity index (χ1v) is 7.96. The summed E-state index contributed by atoms with van der Waals surface area (Å²) in [6.07, 6.45) is 1.36. The fourth-order valence-corrected chi connectivity index (χ4v) is 2.53. The minimum absolute atomic E-state index is 0.0118. The number of ether oxygens (including phenoxy) is 1. The number of nitrogens with zero attached hydrogens (tertiary/aromatic N) is 2. The Morgan fingerprint density at radius 2 is 2.00 bits per heavy atom. The predicted molar refractivity (Wildman–Crippen MR) is 98.1 cm³/mol. The Labute approximate surface area is 151 Å². The zero-order valence-electron chi connectivity index (χ0n) is 14.7. The maximum absolute atomic E-state index is 12.6. The van der Waals surface area contributed by atoms with Crippen LogP contribution in [0.4, 0.5) is 5.69 Å². The largest absolute Gasteiger partial charge is 0.497 e. The molecule has 26 heavy (non-hydrogen) atoms. The van der Waals surface area contributed by atoms with Crippen molar-refractivity contribution >= 4 is 17.5 Å². The van der Waals surface area contributed by atoms with Gasteiger partial charge in [-0.25, -0.2) is 0 Å². The number of nitriles is 1. The van der Waals surface area contributed by atoms with Gasteiger partial charge in [-0.15, -0.1) is 0 Å². The Morgan fingerprint density at radius 3 is 2.58 bits per heavy atom. The summed E-state index contributed by atoms with van der Waals surface area (Å²) in [5.74, 6) is 0.0225. The zero-order valence-corrected chi connectivity index (χ0v) is 14.7. The van der Waals surface area contributed by atoms with Crippen LogP contribution < -0.4 is 4.74 Å². The van der Waals surface area contributed by atoms with Crippen LogP contribution in [0.3, 0.4) is 0 Å². The van der Waals surface area contributed by atoms with Gasteiger partial charge in [0.25, 0.3) is 5.69 Å². The molecule has 6 heteroatoms. The molecule has 0 unspecified atom stereocenters. The number of methoxy groups -OCH3 is 1. The molecule has 0 aromatic heterocycles. The highest BCUT2D eigenvalue weighted by Gasteiger charge is 2.18. The normalized spacial score (nSPS) is 11.1. The number of nitro groups is 1. The molecule has 0 spiro atoms. The van der Waals surface area contributed by atoms with Gasteiger partial charge in [-0.3, -0.25) is 14.9 Å². The minimum atomic E-state index is -0.470. The third-order valence-corrected chi connectivity index (χ3v) is 3.88. The highest BCUT2D eigenvalue weighted by Crippen LogP contribution is 2.28. The van der Waals surface area contributed by atoms with Crippen molar-refractivity contribution in [2.75, 3.05) is 7.11 Å². The number of rotatable bonds is 6. The number of allylic oxidation sites excluding steroid dienone is 1. The highest BCUT2D eigenvalue weighted by molar-refractivity contribution is 6.14. The first kappa shape index (κ1) is 18.9. The second-order valence-corrected chi connectivity index (χ2v) is 5.96. The van der Waals surface area contributed by atoms with Gasteiger partial charge in [0, 0.05) is 17.2 Å². The number of Topliss-reactive ketones (excluding diaryl/α,β-unsaturated/α-hetero) is 1. The number of hydrogen-bond acceptors (Lipinski definition) is 5. The van der Waals surface area contributed by atoms with Crippen molar-refractivity contribution < 1.29 is 14.5 Å². The Bertz CT molecular complexity index is 924. The molecule has 0 N–H and O–H groups in total. The summed E-state index contributed by atoms with van der Waals surface area (Å²) in [5.41, 5.74) is 1.20. The molecule has 0 fully saturated rings. The van der Waals surface area contributed by atoms with Crippen molar-refractivity contribution in [1.29, 1.82) is 5.26 Å². The van der Waals surface area contributed by atoms with Gasteiger partial charge in [-0.1, -0.05) is 38.1 Å². The van der Waals surface area contributed by atoms with Gasteiger partial charge >= 0.3 is 0 Å². The van der Waals surface area contributed by atoms with Crippen LogP contribution in [-0.4, -0.2) is 17.8 Å². The average Bonchev–Trinajstić information content (AvgIpc) is 2.65. The summed E-state index contributed by atoms with van der Waals surface area (Å²) in [7, 11) is 1.49. The van der Waals surface area contributed by atoms with E-state index in [0.717, 1.165) is 0 Å². The van der Waals surface area contributed by atoms with Crippen molar-refractivity contribution in [3.63, 3.8) is 0 Å². The van der Waals surface area contributed by atoms with Crippen LogP contribution in [0.25, 0.3) is 6.08 Å². The van der Waals surface area contributed by atoms with E-state index in [0.29, 0.717) is 22.4 Å². The number of hydrogen-bond donors (Lipinski definition) is 0. The molecule has 0 aliphatic rings. The Kier molecular flexibility index (Phi) is 5.86.